The van der Waals surface area contributed by atoms with Gasteiger partial charge in [0, 0.05) is 32.2 Å². The van der Waals surface area contributed by atoms with Crippen molar-refractivity contribution in [3.05, 3.63) is 23.1 Å². The third-order valence-electron chi connectivity index (χ3n) is 2.84. The second-order valence-electron chi connectivity index (χ2n) is 4.22. The van der Waals surface area contributed by atoms with E-state index in [1.54, 1.807) is 13.3 Å². The summed E-state index contributed by atoms with van der Waals surface area (Å²) in [5, 5.41) is 0.580. The van der Waals surface area contributed by atoms with Crippen LogP contribution in [0.4, 0.5) is 0 Å². The molecule has 0 fully saturated rings. The largest absolute Gasteiger partial charge is 0.382 e. The summed E-state index contributed by atoms with van der Waals surface area (Å²) in [6.45, 7) is 2.43. The summed E-state index contributed by atoms with van der Waals surface area (Å²) < 4.78 is 12.5. The zero-order valence-electron chi connectivity index (χ0n) is 11.3. The standard InChI is InChI=1S/C13H17Cl2N3O2/c1-19-6-7-20-5-4-18-12(2-3-14)17-11-8-10(15)9-16-13(11)18/h8-9H,2-7H2,1H3. The molecule has 110 valence electrons. The molecule has 0 atom stereocenters. The highest BCUT2D eigenvalue weighted by atomic mass is 35.5. The first-order valence-corrected chi connectivity index (χ1v) is 7.31. The van der Waals surface area contributed by atoms with Gasteiger partial charge in [-0.1, -0.05) is 11.6 Å². The van der Waals surface area contributed by atoms with E-state index in [0.717, 1.165) is 17.0 Å². The first-order chi connectivity index (χ1) is 9.76. The summed E-state index contributed by atoms with van der Waals surface area (Å²) in [6.07, 6.45) is 2.31. The molecular formula is C13H17Cl2N3O2. The van der Waals surface area contributed by atoms with Gasteiger partial charge >= 0.3 is 0 Å². The smallest absolute Gasteiger partial charge is 0.160 e. The summed E-state index contributed by atoms with van der Waals surface area (Å²) >= 11 is 11.8. The van der Waals surface area contributed by atoms with Crippen molar-refractivity contribution in [1.82, 2.24) is 14.5 Å². The lowest BCUT2D eigenvalue weighted by atomic mass is 10.4. The third-order valence-corrected chi connectivity index (χ3v) is 3.24. The molecule has 7 heteroatoms. The Hall–Kier alpha value is -0.880. The number of fused-ring (bicyclic) bond motifs is 1. The van der Waals surface area contributed by atoms with Crippen molar-refractivity contribution < 1.29 is 9.47 Å². The van der Waals surface area contributed by atoms with E-state index in [1.165, 1.54) is 0 Å². The van der Waals surface area contributed by atoms with Crippen LogP contribution in [0.2, 0.25) is 5.02 Å². The molecule has 0 N–H and O–H groups in total. The predicted octanol–water partition coefficient (Wildman–Crippen LogP) is 2.53. The molecule has 0 saturated carbocycles. The van der Waals surface area contributed by atoms with Gasteiger partial charge in [0.05, 0.1) is 24.8 Å². The van der Waals surface area contributed by atoms with Crippen molar-refractivity contribution in [3.8, 4) is 0 Å². The maximum Gasteiger partial charge on any atom is 0.160 e. The number of hydrogen-bond donors (Lipinski definition) is 0. The fourth-order valence-electron chi connectivity index (χ4n) is 1.94. The monoisotopic (exact) mass is 317 g/mol. The molecule has 0 aliphatic rings. The predicted molar refractivity (Wildman–Crippen MR) is 79.7 cm³/mol. The maximum atomic E-state index is 5.94. The van der Waals surface area contributed by atoms with E-state index in [9.17, 15) is 0 Å². The number of hydrogen-bond acceptors (Lipinski definition) is 4. The van der Waals surface area contributed by atoms with E-state index in [-0.39, 0.29) is 0 Å². The molecule has 0 saturated heterocycles. The summed E-state index contributed by atoms with van der Waals surface area (Å²) in [6, 6.07) is 1.81. The minimum absolute atomic E-state index is 0.515. The van der Waals surface area contributed by atoms with Crippen LogP contribution in [0.1, 0.15) is 5.82 Å². The van der Waals surface area contributed by atoms with Crippen molar-refractivity contribution >= 4 is 34.4 Å². The van der Waals surface area contributed by atoms with Gasteiger partial charge in [0.15, 0.2) is 5.65 Å². The lowest BCUT2D eigenvalue weighted by Crippen LogP contribution is -2.12. The number of aromatic nitrogens is 3. The van der Waals surface area contributed by atoms with Crippen molar-refractivity contribution in [2.24, 2.45) is 0 Å². The van der Waals surface area contributed by atoms with Gasteiger partial charge in [-0.05, 0) is 6.07 Å². The highest BCUT2D eigenvalue weighted by Crippen LogP contribution is 2.18. The average Bonchev–Trinajstić information content (AvgIpc) is 2.76. The van der Waals surface area contributed by atoms with Crippen LogP contribution in [0, 0.1) is 0 Å². The molecule has 2 rings (SSSR count). The molecular weight excluding hydrogens is 301 g/mol. The van der Waals surface area contributed by atoms with Crippen molar-refractivity contribution in [2.75, 3.05) is 32.8 Å². The van der Waals surface area contributed by atoms with Crippen LogP contribution >= 0.6 is 23.2 Å². The zero-order valence-corrected chi connectivity index (χ0v) is 12.8. The number of imidazole rings is 1. The minimum atomic E-state index is 0.515. The van der Waals surface area contributed by atoms with Gasteiger partial charge in [0.25, 0.3) is 0 Å². The van der Waals surface area contributed by atoms with Crippen LogP contribution in [-0.2, 0) is 22.4 Å². The fourth-order valence-corrected chi connectivity index (χ4v) is 2.26. The molecule has 2 aromatic rings. The van der Waals surface area contributed by atoms with Crippen LogP contribution in [-0.4, -0.2) is 47.3 Å². The number of alkyl halides is 1. The lowest BCUT2D eigenvalue weighted by molar-refractivity contribution is 0.0667. The van der Waals surface area contributed by atoms with E-state index in [4.69, 9.17) is 32.7 Å². The molecule has 0 aliphatic carbocycles. The molecule has 0 aliphatic heterocycles. The number of aryl methyl sites for hydroxylation is 1. The second-order valence-corrected chi connectivity index (χ2v) is 5.03. The maximum absolute atomic E-state index is 5.94. The highest BCUT2D eigenvalue weighted by molar-refractivity contribution is 6.31. The van der Waals surface area contributed by atoms with Crippen molar-refractivity contribution in [2.45, 2.75) is 13.0 Å². The quantitative estimate of drug-likeness (QED) is 0.554. The molecule has 0 spiro atoms. The zero-order chi connectivity index (χ0) is 14.4. The van der Waals surface area contributed by atoms with Crippen molar-refractivity contribution in [3.63, 3.8) is 0 Å². The number of nitrogens with zero attached hydrogens (tertiary/aromatic N) is 3. The Labute approximate surface area is 127 Å². The molecule has 0 radical (unpaired) electrons. The molecule has 5 nitrogen and oxygen atoms in total. The van der Waals surface area contributed by atoms with Gasteiger partial charge in [-0.2, -0.15) is 0 Å². The molecule has 0 bridgehead atoms. The molecule has 2 aromatic heterocycles. The van der Waals surface area contributed by atoms with Crippen LogP contribution in [0.25, 0.3) is 11.2 Å². The number of methoxy groups -OCH3 is 1. The van der Waals surface area contributed by atoms with Gasteiger partial charge < -0.3 is 14.0 Å². The Morgan fingerprint density at radius 3 is 2.90 bits per heavy atom. The van der Waals surface area contributed by atoms with Gasteiger partial charge in [-0.25, -0.2) is 9.97 Å². The van der Waals surface area contributed by atoms with E-state index in [2.05, 4.69) is 9.97 Å². The minimum Gasteiger partial charge on any atom is -0.382 e. The number of ether oxygens (including phenoxy) is 2. The Morgan fingerprint density at radius 2 is 2.15 bits per heavy atom. The van der Waals surface area contributed by atoms with Crippen LogP contribution in [0.5, 0.6) is 0 Å². The number of rotatable bonds is 8. The first kappa shape index (κ1) is 15.5. The summed E-state index contributed by atoms with van der Waals surface area (Å²) in [5.74, 6) is 1.42. The summed E-state index contributed by atoms with van der Waals surface area (Å²) in [5.41, 5.74) is 1.60. The van der Waals surface area contributed by atoms with E-state index >= 15 is 0 Å². The highest BCUT2D eigenvalue weighted by Gasteiger charge is 2.11. The van der Waals surface area contributed by atoms with Crippen LogP contribution in [0.15, 0.2) is 12.3 Å². The van der Waals surface area contributed by atoms with Crippen LogP contribution in [0.3, 0.4) is 0 Å². The molecule has 20 heavy (non-hydrogen) atoms. The molecule has 0 aromatic carbocycles. The third kappa shape index (κ3) is 3.82. The molecule has 0 amide bonds. The lowest BCUT2D eigenvalue weighted by Gasteiger charge is -2.08. The summed E-state index contributed by atoms with van der Waals surface area (Å²) in [4.78, 5) is 8.87. The second kappa shape index (κ2) is 7.78. The Bertz CT molecular complexity index is 560. The average molecular weight is 318 g/mol. The number of pyridine rings is 1. The Morgan fingerprint density at radius 1 is 1.30 bits per heavy atom. The van der Waals surface area contributed by atoms with Gasteiger partial charge in [-0.3, -0.25) is 0 Å². The van der Waals surface area contributed by atoms with Crippen molar-refractivity contribution in [1.29, 1.82) is 0 Å². The first-order valence-electron chi connectivity index (χ1n) is 6.39. The fraction of sp³-hybridized carbons (Fsp3) is 0.538. The number of halogens is 2. The van der Waals surface area contributed by atoms with Gasteiger partial charge in [0.2, 0.25) is 0 Å². The van der Waals surface area contributed by atoms with E-state index in [0.29, 0.717) is 43.7 Å². The SMILES string of the molecule is COCCOCCn1c(CCCl)nc2cc(Cl)cnc21. The van der Waals surface area contributed by atoms with Gasteiger partial charge in [-0.15, -0.1) is 11.6 Å². The van der Waals surface area contributed by atoms with E-state index < -0.39 is 0 Å². The Balaban J connectivity index is 2.13. The topological polar surface area (TPSA) is 49.2 Å². The normalized spacial score (nSPS) is 11.3. The van der Waals surface area contributed by atoms with Crippen LogP contribution < -0.4 is 0 Å². The van der Waals surface area contributed by atoms with Gasteiger partial charge in [0.1, 0.15) is 11.3 Å². The Kier molecular flexibility index (Phi) is 6.04. The molecule has 0 unspecified atom stereocenters. The molecule has 2 heterocycles. The van der Waals surface area contributed by atoms with E-state index in [1.807, 2.05) is 10.6 Å². The summed E-state index contributed by atoms with van der Waals surface area (Å²) in [7, 11) is 1.65.